The van der Waals surface area contributed by atoms with Gasteiger partial charge in [-0.05, 0) is 0 Å². The third-order valence-corrected chi connectivity index (χ3v) is 15.4. The Morgan fingerprint density at radius 1 is 0.543 bits per heavy atom. The van der Waals surface area contributed by atoms with Crippen LogP contribution in [0, 0.1) is 6.92 Å². The second-order valence-corrected chi connectivity index (χ2v) is 17.2. The van der Waals surface area contributed by atoms with Gasteiger partial charge >= 0.3 is 213 Å². The van der Waals surface area contributed by atoms with Gasteiger partial charge in [-0.2, -0.15) is 0 Å². The summed E-state index contributed by atoms with van der Waals surface area (Å²) in [7, 11) is 0. The SMILES string of the molecule is Cc1cc2c(cc1P(C)(c1ccccc1)(c1ccccc1)c1ccccc1)C(C)(C)CCC2(C)C. The van der Waals surface area contributed by atoms with E-state index < -0.39 is 6.60 Å². The monoisotopic (exact) mass is 478 g/mol. The number of rotatable bonds is 4. The van der Waals surface area contributed by atoms with Crippen molar-refractivity contribution in [3.05, 3.63) is 120 Å². The van der Waals surface area contributed by atoms with E-state index in [0.717, 1.165) is 0 Å². The molecular weight excluding hydrogens is 439 g/mol. The molecule has 0 aromatic heterocycles. The summed E-state index contributed by atoms with van der Waals surface area (Å²) in [5, 5.41) is 5.77. The molecular formula is C34H39P. The van der Waals surface area contributed by atoms with Gasteiger partial charge in [0.15, 0.2) is 0 Å². The van der Waals surface area contributed by atoms with E-state index in [1.165, 1.54) is 50.8 Å². The Hall–Kier alpha value is -2.69. The standard InChI is InChI=1S/C34H39P/c1-26-24-30-31(34(4,5)23-22-33(30,2)3)25-32(26)35(6,27-16-10-7-11-17-27,28-18-12-8-13-19-28)29-20-14-9-15-21-29/h7-21,24-25H,22-23H2,1-6H3. The summed E-state index contributed by atoms with van der Waals surface area (Å²) in [6.07, 6.45) is 2.45. The maximum absolute atomic E-state index is 3.04. The van der Waals surface area contributed by atoms with Gasteiger partial charge in [-0.3, -0.25) is 0 Å². The molecule has 1 heteroatoms. The second kappa shape index (κ2) is 8.18. The van der Waals surface area contributed by atoms with E-state index in [4.69, 9.17) is 0 Å². The van der Waals surface area contributed by atoms with Gasteiger partial charge in [0.05, 0.1) is 0 Å². The predicted octanol–water partition coefficient (Wildman–Crippen LogP) is 7.13. The van der Waals surface area contributed by atoms with Gasteiger partial charge in [0, 0.05) is 0 Å². The summed E-state index contributed by atoms with van der Waals surface area (Å²) in [6, 6.07) is 39.1. The van der Waals surface area contributed by atoms with Crippen LogP contribution >= 0.6 is 6.60 Å². The van der Waals surface area contributed by atoms with Gasteiger partial charge in [0.1, 0.15) is 0 Å². The summed E-state index contributed by atoms with van der Waals surface area (Å²) in [4.78, 5) is 0. The zero-order valence-electron chi connectivity index (χ0n) is 22.2. The molecule has 0 spiro atoms. The molecule has 0 atom stereocenters. The van der Waals surface area contributed by atoms with Crippen molar-refractivity contribution in [2.75, 3.05) is 6.66 Å². The van der Waals surface area contributed by atoms with E-state index in [2.05, 4.69) is 144 Å². The van der Waals surface area contributed by atoms with Gasteiger partial charge in [0.2, 0.25) is 0 Å². The van der Waals surface area contributed by atoms with Crippen LogP contribution in [-0.2, 0) is 10.8 Å². The first-order valence-electron chi connectivity index (χ1n) is 12.9. The normalized spacial score (nSPS) is 17.7. The van der Waals surface area contributed by atoms with Crippen LogP contribution in [0.2, 0.25) is 0 Å². The first-order chi connectivity index (χ1) is 16.6. The Morgan fingerprint density at radius 2 is 0.886 bits per heavy atom. The van der Waals surface area contributed by atoms with Crippen molar-refractivity contribution in [2.45, 2.75) is 58.3 Å². The van der Waals surface area contributed by atoms with Crippen LogP contribution in [0.4, 0.5) is 0 Å². The third kappa shape index (κ3) is 3.45. The summed E-state index contributed by atoms with van der Waals surface area (Å²) < 4.78 is 0. The molecule has 0 aliphatic heterocycles. The molecule has 0 N–H and O–H groups in total. The average molecular weight is 479 g/mol. The molecule has 35 heavy (non-hydrogen) atoms. The van der Waals surface area contributed by atoms with E-state index in [-0.39, 0.29) is 10.8 Å². The van der Waals surface area contributed by atoms with Crippen LogP contribution in [-0.4, -0.2) is 6.66 Å². The number of fused-ring (bicyclic) bond motifs is 1. The number of hydrogen-bond acceptors (Lipinski definition) is 0. The van der Waals surface area contributed by atoms with Gasteiger partial charge in [0.25, 0.3) is 0 Å². The van der Waals surface area contributed by atoms with Crippen LogP contribution in [0.25, 0.3) is 0 Å². The summed E-state index contributed by atoms with van der Waals surface area (Å²) in [6.45, 7) is 11.6. The topological polar surface area (TPSA) is 0 Å². The summed E-state index contributed by atoms with van der Waals surface area (Å²) in [5.74, 6) is 0. The van der Waals surface area contributed by atoms with Crippen molar-refractivity contribution in [3.63, 3.8) is 0 Å². The molecule has 0 unspecified atom stereocenters. The number of hydrogen-bond donors (Lipinski definition) is 0. The minimum atomic E-state index is -3.04. The first kappa shape index (κ1) is 24.0. The van der Waals surface area contributed by atoms with E-state index in [1.54, 1.807) is 0 Å². The Balaban J connectivity index is 2.00. The molecule has 1 aliphatic rings. The van der Waals surface area contributed by atoms with Crippen molar-refractivity contribution in [1.82, 2.24) is 0 Å². The van der Waals surface area contributed by atoms with Crippen LogP contribution in [0.1, 0.15) is 57.2 Å². The fourth-order valence-corrected chi connectivity index (χ4v) is 12.5. The van der Waals surface area contributed by atoms with Crippen LogP contribution in [0.5, 0.6) is 0 Å². The van der Waals surface area contributed by atoms with E-state index in [1.807, 2.05) is 0 Å². The van der Waals surface area contributed by atoms with Crippen molar-refractivity contribution in [3.8, 4) is 0 Å². The zero-order chi connectivity index (χ0) is 24.9. The molecule has 0 amide bonds. The molecule has 0 saturated heterocycles. The van der Waals surface area contributed by atoms with Crippen LogP contribution in [0.15, 0.2) is 103 Å². The van der Waals surface area contributed by atoms with Crippen LogP contribution in [0.3, 0.4) is 0 Å². The molecule has 0 fully saturated rings. The summed E-state index contributed by atoms with van der Waals surface area (Å²) in [5.41, 5.74) is 4.84. The van der Waals surface area contributed by atoms with E-state index >= 15 is 0 Å². The fourth-order valence-electron chi connectivity index (χ4n) is 6.58. The van der Waals surface area contributed by atoms with Crippen LogP contribution < -0.4 is 21.2 Å². The van der Waals surface area contributed by atoms with Gasteiger partial charge < -0.3 is 0 Å². The van der Waals surface area contributed by atoms with Crippen molar-refractivity contribution >= 4 is 27.8 Å². The predicted molar refractivity (Wildman–Crippen MR) is 157 cm³/mol. The molecule has 0 saturated carbocycles. The van der Waals surface area contributed by atoms with E-state index in [0.29, 0.717) is 0 Å². The number of aryl methyl sites for hydroxylation is 1. The second-order valence-electron chi connectivity index (χ2n) is 12.0. The molecule has 180 valence electrons. The molecule has 4 aromatic carbocycles. The quantitative estimate of drug-likeness (QED) is 0.274. The molecule has 0 nitrogen and oxygen atoms in total. The zero-order valence-corrected chi connectivity index (χ0v) is 23.1. The van der Waals surface area contributed by atoms with Crippen molar-refractivity contribution in [1.29, 1.82) is 0 Å². The molecule has 0 bridgehead atoms. The third-order valence-electron chi connectivity index (χ3n) is 8.98. The molecule has 5 rings (SSSR count). The molecule has 4 aromatic rings. The first-order valence-corrected chi connectivity index (χ1v) is 15.6. The molecule has 0 heterocycles. The fraction of sp³-hybridized carbons (Fsp3) is 0.294. The number of benzene rings is 4. The Bertz CT molecular complexity index is 1250. The van der Waals surface area contributed by atoms with Crippen molar-refractivity contribution < 1.29 is 0 Å². The molecule has 1 aliphatic carbocycles. The summed E-state index contributed by atoms with van der Waals surface area (Å²) >= 11 is 0. The van der Waals surface area contributed by atoms with Gasteiger partial charge in [-0.1, -0.05) is 0 Å². The van der Waals surface area contributed by atoms with Crippen molar-refractivity contribution in [2.24, 2.45) is 0 Å². The Kier molecular flexibility index (Phi) is 5.61. The average Bonchev–Trinajstić information content (AvgIpc) is 2.88. The van der Waals surface area contributed by atoms with E-state index in [9.17, 15) is 0 Å². The van der Waals surface area contributed by atoms with Gasteiger partial charge in [-0.25, -0.2) is 0 Å². The molecule has 0 radical (unpaired) electrons. The maximum atomic E-state index is 2.64. The Labute approximate surface area is 212 Å². The van der Waals surface area contributed by atoms with Gasteiger partial charge in [-0.15, -0.1) is 0 Å². The minimum absolute atomic E-state index is 0.159. The Morgan fingerprint density at radius 3 is 1.26 bits per heavy atom.